The lowest BCUT2D eigenvalue weighted by Gasteiger charge is -2.31. The molecule has 2 heterocycles. The van der Waals surface area contributed by atoms with Crippen molar-refractivity contribution >= 4 is 11.8 Å². The van der Waals surface area contributed by atoms with Gasteiger partial charge in [-0.15, -0.1) is 0 Å². The number of carbonyl (C=O) groups is 2. The molecule has 0 radical (unpaired) electrons. The Morgan fingerprint density at radius 2 is 2.08 bits per heavy atom. The highest BCUT2D eigenvalue weighted by Gasteiger charge is 2.27. The van der Waals surface area contributed by atoms with Gasteiger partial charge >= 0.3 is 0 Å². The third-order valence-electron chi connectivity index (χ3n) is 4.57. The van der Waals surface area contributed by atoms with Gasteiger partial charge in [-0.05, 0) is 38.8 Å². The van der Waals surface area contributed by atoms with Gasteiger partial charge < -0.3 is 10.6 Å². The molecule has 130 valence electrons. The number of rotatable bonds is 3. The molecule has 6 heteroatoms. The highest BCUT2D eigenvalue weighted by atomic mass is 16.2. The number of likely N-dealkylation sites (tertiary alicyclic amines) is 1. The summed E-state index contributed by atoms with van der Waals surface area (Å²) >= 11 is 0. The normalized spacial score (nSPS) is 17.4. The van der Waals surface area contributed by atoms with Crippen LogP contribution >= 0.6 is 0 Å². The van der Waals surface area contributed by atoms with Gasteiger partial charge in [-0.3, -0.25) is 14.6 Å². The van der Waals surface area contributed by atoms with E-state index in [1.807, 2.05) is 32.0 Å². The maximum Gasteiger partial charge on any atom is 0.253 e. The molecule has 2 N–H and O–H groups in total. The molecule has 2 amide bonds. The molecule has 3 rings (SSSR count). The molecule has 0 unspecified atom stereocenters. The van der Waals surface area contributed by atoms with Crippen LogP contribution in [0.4, 0.5) is 0 Å². The molecule has 2 aromatic rings. The molecule has 0 bridgehead atoms. The smallest absolute Gasteiger partial charge is 0.253 e. The van der Waals surface area contributed by atoms with Gasteiger partial charge in [0.25, 0.3) is 5.91 Å². The molecule has 6 nitrogen and oxygen atoms in total. The molecular weight excluding hydrogens is 316 g/mol. The number of hydrogen-bond donors (Lipinski definition) is 1. The summed E-state index contributed by atoms with van der Waals surface area (Å²) in [5.74, 6) is -0.672. The first-order valence-corrected chi connectivity index (χ1v) is 8.45. The third-order valence-corrected chi connectivity index (χ3v) is 4.57. The van der Waals surface area contributed by atoms with Crippen molar-refractivity contribution in [3.63, 3.8) is 0 Å². The lowest BCUT2D eigenvalue weighted by molar-refractivity contribution is -0.123. The van der Waals surface area contributed by atoms with Crippen molar-refractivity contribution in [1.82, 2.24) is 14.9 Å². The van der Waals surface area contributed by atoms with Gasteiger partial charge in [-0.1, -0.05) is 12.1 Å². The molecular formula is C19H22N4O2. The van der Waals surface area contributed by atoms with Crippen LogP contribution in [0.5, 0.6) is 0 Å². The number of nitrogens with two attached hydrogens (primary N) is 1. The Morgan fingerprint density at radius 1 is 1.28 bits per heavy atom. The van der Waals surface area contributed by atoms with Gasteiger partial charge in [0.15, 0.2) is 0 Å². The highest BCUT2D eigenvalue weighted by molar-refractivity contribution is 5.95. The van der Waals surface area contributed by atoms with Crippen LogP contribution in [-0.2, 0) is 4.79 Å². The lowest BCUT2D eigenvalue weighted by Crippen LogP contribution is -2.44. The van der Waals surface area contributed by atoms with Crippen LogP contribution in [0, 0.1) is 19.8 Å². The van der Waals surface area contributed by atoms with Crippen molar-refractivity contribution in [2.45, 2.75) is 26.7 Å². The zero-order valence-electron chi connectivity index (χ0n) is 14.5. The van der Waals surface area contributed by atoms with Crippen molar-refractivity contribution < 1.29 is 9.59 Å². The standard InChI is InChI=1S/C19H22N4O2/c1-12-10-21-13(2)17(22-12)14-5-3-6-15(9-14)19(25)23-8-4-7-16(11-23)18(20)24/h3,5-6,9-10,16H,4,7-8,11H2,1-2H3,(H2,20,24)/t16-/m1/s1. The quantitative estimate of drug-likeness (QED) is 0.928. The summed E-state index contributed by atoms with van der Waals surface area (Å²) in [5, 5.41) is 0. The van der Waals surface area contributed by atoms with Gasteiger partial charge in [0.2, 0.25) is 5.91 Å². The van der Waals surface area contributed by atoms with E-state index in [1.165, 1.54) is 0 Å². The van der Waals surface area contributed by atoms with E-state index < -0.39 is 0 Å². The van der Waals surface area contributed by atoms with Crippen molar-refractivity contribution in [3.8, 4) is 11.3 Å². The van der Waals surface area contributed by atoms with E-state index >= 15 is 0 Å². The summed E-state index contributed by atoms with van der Waals surface area (Å²) in [6.07, 6.45) is 3.27. The summed E-state index contributed by atoms with van der Waals surface area (Å²) in [6, 6.07) is 7.40. The first kappa shape index (κ1) is 17.1. The topological polar surface area (TPSA) is 89.2 Å². The van der Waals surface area contributed by atoms with Gasteiger partial charge in [0, 0.05) is 30.4 Å². The van der Waals surface area contributed by atoms with Crippen molar-refractivity contribution in [3.05, 3.63) is 47.4 Å². The summed E-state index contributed by atoms with van der Waals surface area (Å²) in [5.41, 5.74) is 9.29. The maximum absolute atomic E-state index is 12.8. The molecule has 1 aliphatic heterocycles. The molecule has 1 saturated heterocycles. The minimum absolute atomic E-state index is 0.0777. The summed E-state index contributed by atoms with van der Waals surface area (Å²) in [7, 11) is 0. The van der Waals surface area contributed by atoms with Gasteiger partial charge in [0.05, 0.1) is 23.0 Å². The molecule has 25 heavy (non-hydrogen) atoms. The first-order valence-electron chi connectivity index (χ1n) is 8.45. The Labute approximate surface area is 147 Å². The monoisotopic (exact) mass is 338 g/mol. The number of carbonyl (C=O) groups excluding carboxylic acids is 2. The molecule has 0 spiro atoms. The predicted octanol–water partition coefficient (Wildman–Crippen LogP) is 2.10. The van der Waals surface area contributed by atoms with E-state index in [2.05, 4.69) is 9.97 Å². The minimum Gasteiger partial charge on any atom is -0.369 e. The zero-order chi connectivity index (χ0) is 18.0. The van der Waals surface area contributed by atoms with Crippen LogP contribution in [0.25, 0.3) is 11.3 Å². The van der Waals surface area contributed by atoms with Gasteiger partial charge in [-0.25, -0.2) is 4.98 Å². The highest BCUT2D eigenvalue weighted by Crippen LogP contribution is 2.23. The lowest BCUT2D eigenvalue weighted by atomic mass is 9.96. The molecule has 1 fully saturated rings. The van der Waals surface area contributed by atoms with Crippen molar-refractivity contribution in [1.29, 1.82) is 0 Å². The van der Waals surface area contributed by atoms with E-state index in [4.69, 9.17) is 5.73 Å². The van der Waals surface area contributed by atoms with Gasteiger partial charge in [-0.2, -0.15) is 0 Å². The molecule has 0 aliphatic carbocycles. The number of hydrogen-bond acceptors (Lipinski definition) is 4. The second kappa shape index (κ2) is 7.01. The Bertz CT molecular complexity index is 819. The SMILES string of the molecule is Cc1cnc(C)c(-c2cccc(C(=O)N3CCC[C@@H](C(N)=O)C3)c2)n1. The van der Waals surface area contributed by atoms with Crippen molar-refractivity contribution in [2.75, 3.05) is 13.1 Å². The minimum atomic E-state index is -0.336. The van der Waals surface area contributed by atoms with Crippen LogP contribution < -0.4 is 5.73 Å². The Kier molecular flexibility index (Phi) is 4.79. The molecule has 1 aromatic heterocycles. The number of aryl methyl sites for hydroxylation is 2. The van der Waals surface area contributed by atoms with E-state index in [9.17, 15) is 9.59 Å². The summed E-state index contributed by atoms with van der Waals surface area (Å²) < 4.78 is 0. The number of aromatic nitrogens is 2. The van der Waals surface area contributed by atoms with Gasteiger partial charge in [0.1, 0.15) is 0 Å². The van der Waals surface area contributed by atoms with E-state index in [0.29, 0.717) is 18.7 Å². The Morgan fingerprint density at radius 3 is 2.84 bits per heavy atom. The largest absolute Gasteiger partial charge is 0.369 e. The number of benzene rings is 1. The second-order valence-corrected chi connectivity index (χ2v) is 6.52. The van der Waals surface area contributed by atoms with Crippen LogP contribution in [0.2, 0.25) is 0 Å². The third kappa shape index (κ3) is 3.68. The fourth-order valence-electron chi connectivity index (χ4n) is 3.19. The first-order chi connectivity index (χ1) is 12.0. The van der Waals surface area contributed by atoms with Crippen molar-refractivity contribution in [2.24, 2.45) is 11.7 Å². The Balaban J connectivity index is 1.87. The second-order valence-electron chi connectivity index (χ2n) is 6.52. The average molecular weight is 338 g/mol. The zero-order valence-corrected chi connectivity index (χ0v) is 14.5. The molecule has 0 saturated carbocycles. The average Bonchev–Trinajstić information content (AvgIpc) is 2.63. The summed E-state index contributed by atoms with van der Waals surface area (Å²) in [4.78, 5) is 34.9. The molecule has 1 aromatic carbocycles. The predicted molar refractivity (Wildman–Crippen MR) is 94.8 cm³/mol. The fourth-order valence-corrected chi connectivity index (χ4v) is 3.19. The fraction of sp³-hybridized carbons (Fsp3) is 0.368. The van der Waals surface area contributed by atoms with E-state index in [0.717, 1.165) is 35.5 Å². The summed E-state index contributed by atoms with van der Waals surface area (Å²) in [6.45, 7) is 4.83. The van der Waals surface area contributed by atoms with Crippen LogP contribution in [0.1, 0.15) is 34.6 Å². The molecule has 1 atom stereocenters. The molecule has 1 aliphatic rings. The maximum atomic E-state index is 12.8. The number of nitrogens with zero attached hydrogens (tertiary/aromatic N) is 3. The Hall–Kier alpha value is -2.76. The van der Waals surface area contributed by atoms with Crippen LogP contribution in [-0.4, -0.2) is 39.8 Å². The van der Waals surface area contributed by atoms with Crippen LogP contribution in [0.3, 0.4) is 0 Å². The van der Waals surface area contributed by atoms with Crippen LogP contribution in [0.15, 0.2) is 30.5 Å². The number of piperidine rings is 1. The number of primary amides is 1. The number of amides is 2. The van der Waals surface area contributed by atoms with E-state index in [-0.39, 0.29) is 17.7 Å². The van der Waals surface area contributed by atoms with E-state index in [1.54, 1.807) is 17.2 Å².